The molecule has 35 heavy (non-hydrogen) atoms. The number of hydrogen-bond donors (Lipinski definition) is 1. The van der Waals surface area contributed by atoms with Gasteiger partial charge in [-0.3, -0.25) is 9.15 Å². The van der Waals surface area contributed by atoms with E-state index in [4.69, 9.17) is 4.74 Å². The Morgan fingerprint density at radius 1 is 1.20 bits per heavy atom. The highest BCUT2D eigenvalue weighted by Gasteiger charge is 2.40. The summed E-state index contributed by atoms with van der Waals surface area (Å²) in [5, 5.41) is 20.0. The Bertz CT molecular complexity index is 1220. The van der Waals surface area contributed by atoms with Crippen LogP contribution in [-0.4, -0.2) is 46.9 Å². The van der Waals surface area contributed by atoms with Crippen LogP contribution in [0.3, 0.4) is 0 Å². The standard InChI is InChI=1S/C24H32N5O5S/c1-24(2)13-18(10-11-34-24)28(19-14-25-27(3)15-19)35(32,33)29(31)23(30)26-22-20-8-4-6-16(20)12-17-7-5-9-21(17)22/h12,14-15,18H,4-11,13H2,1-3H3,(H,26,30)/q-1. The number of ether oxygens (including phenoxy) is 1. The number of nitrogens with zero attached hydrogens (tertiary/aromatic N) is 4. The molecule has 11 heteroatoms. The second-order valence-electron chi connectivity index (χ2n) is 10.3. The predicted octanol–water partition coefficient (Wildman–Crippen LogP) is 3.44. The van der Waals surface area contributed by atoms with E-state index in [9.17, 15) is 18.4 Å². The Kier molecular flexibility index (Phi) is 6.05. The smallest absolute Gasteiger partial charge is 0.326 e. The minimum absolute atomic E-state index is 0.241. The number of anilines is 2. The minimum Gasteiger partial charge on any atom is -0.740 e. The Labute approximate surface area is 206 Å². The Morgan fingerprint density at radius 3 is 2.43 bits per heavy atom. The fourth-order valence-electron chi connectivity index (χ4n) is 5.76. The molecular weight excluding hydrogens is 470 g/mol. The lowest BCUT2D eigenvalue weighted by molar-refractivity contribution is -0.0571. The number of urea groups is 1. The number of nitrogens with one attached hydrogen (secondary N) is 1. The van der Waals surface area contributed by atoms with Gasteiger partial charge >= 0.3 is 16.2 Å². The number of benzene rings is 1. The molecule has 1 aromatic carbocycles. The van der Waals surface area contributed by atoms with E-state index in [1.165, 1.54) is 28.2 Å². The van der Waals surface area contributed by atoms with Crippen LogP contribution in [-0.2, 0) is 47.7 Å². The summed E-state index contributed by atoms with van der Waals surface area (Å²) < 4.78 is 35.2. The quantitative estimate of drug-likeness (QED) is 0.626. The van der Waals surface area contributed by atoms with Crippen molar-refractivity contribution in [3.05, 3.63) is 45.9 Å². The van der Waals surface area contributed by atoms with E-state index in [-0.39, 0.29) is 5.69 Å². The molecule has 1 unspecified atom stereocenters. The van der Waals surface area contributed by atoms with Gasteiger partial charge in [0.2, 0.25) is 0 Å². The molecule has 5 rings (SSSR count). The number of fused-ring (bicyclic) bond motifs is 2. The number of hydrogen-bond acceptors (Lipinski definition) is 6. The maximum atomic E-state index is 13.7. The molecule has 2 aromatic rings. The van der Waals surface area contributed by atoms with Crippen molar-refractivity contribution < 1.29 is 17.9 Å². The number of rotatable bonds is 5. The topological polar surface area (TPSA) is 120 Å². The maximum Gasteiger partial charge on any atom is 0.326 e. The van der Waals surface area contributed by atoms with Gasteiger partial charge in [-0.15, -0.1) is 0 Å². The summed E-state index contributed by atoms with van der Waals surface area (Å²) in [5.41, 5.74) is 4.73. The monoisotopic (exact) mass is 502 g/mol. The number of carbonyl (C=O) groups excluding carboxylic acids is 1. The number of carbonyl (C=O) groups is 1. The van der Waals surface area contributed by atoms with Crippen molar-refractivity contribution in [2.45, 2.75) is 76.9 Å². The zero-order chi connectivity index (χ0) is 25.0. The highest BCUT2D eigenvalue weighted by molar-refractivity contribution is 7.91. The summed E-state index contributed by atoms with van der Waals surface area (Å²) in [4.78, 5) is 13.2. The van der Waals surface area contributed by atoms with Gasteiger partial charge < -0.3 is 15.3 Å². The highest BCUT2D eigenvalue weighted by atomic mass is 32.2. The lowest BCUT2D eigenvalue weighted by atomic mass is 9.94. The van der Waals surface area contributed by atoms with Gasteiger partial charge in [0.1, 0.15) is 0 Å². The van der Waals surface area contributed by atoms with Crippen LogP contribution < -0.4 is 9.62 Å². The Balaban J connectivity index is 1.47. The van der Waals surface area contributed by atoms with Gasteiger partial charge in [-0.05, 0) is 87.5 Å². The van der Waals surface area contributed by atoms with E-state index in [0.29, 0.717) is 25.1 Å². The van der Waals surface area contributed by atoms with Gasteiger partial charge in [0, 0.05) is 25.5 Å². The first kappa shape index (κ1) is 24.1. The first-order valence-corrected chi connectivity index (χ1v) is 13.6. The lowest BCUT2D eigenvalue weighted by Gasteiger charge is -2.43. The third kappa shape index (κ3) is 4.41. The van der Waals surface area contributed by atoms with Gasteiger partial charge in [0.15, 0.2) is 0 Å². The van der Waals surface area contributed by atoms with Gasteiger partial charge in [0.25, 0.3) is 0 Å². The number of amides is 2. The van der Waals surface area contributed by atoms with Crippen molar-refractivity contribution in [1.29, 1.82) is 0 Å². The van der Waals surface area contributed by atoms with E-state index in [1.807, 2.05) is 13.8 Å². The molecule has 2 aliphatic carbocycles. The Morgan fingerprint density at radius 2 is 1.86 bits per heavy atom. The van der Waals surface area contributed by atoms with Crippen LogP contribution in [0.15, 0.2) is 18.5 Å². The van der Waals surface area contributed by atoms with E-state index in [2.05, 4.69) is 16.5 Å². The zero-order valence-corrected chi connectivity index (χ0v) is 21.2. The first-order valence-electron chi connectivity index (χ1n) is 12.2. The number of aromatic nitrogens is 2. The zero-order valence-electron chi connectivity index (χ0n) is 20.4. The van der Waals surface area contributed by atoms with Crippen LogP contribution in [0.2, 0.25) is 0 Å². The van der Waals surface area contributed by atoms with Crippen molar-refractivity contribution in [3.8, 4) is 0 Å². The third-order valence-electron chi connectivity index (χ3n) is 7.28. The molecule has 3 aliphatic rings. The van der Waals surface area contributed by atoms with Crippen LogP contribution in [0.1, 0.15) is 61.8 Å². The SMILES string of the molecule is Cn1cc(N(C2CCOC(C)(C)C2)S(=O)(=O)N([O-])C(=O)Nc2c3c(cc4c2CCC4)CCC3)cn1. The summed E-state index contributed by atoms with van der Waals surface area (Å²) in [6.45, 7) is 4.11. The molecule has 10 nitrogen and oxygen atoms in total. The number of hydroxylamine groups is 1. The normalized spacial score (nSPS) is 20.9. The lowest BCUT2D eigenvalue weighted by Crippen LogP contribution is -2.53. The molecule has 0 saturated carbocycles. The van der Waals surface area contributed by atoms with Crippen LogP contribution in [0.4, 0.5) is 16.2 Å². The highest BCUT2D eigenvalue weighted by Crippen LogP contribution is 2.39. The largest absolute Gasteiger partial charge is 0.740 e. The summed E-state index contributed by atoms with van der Waals surface area (Å²) >= 11 is 0. The summed E-state index contributed by atoms with van der Waals surface area (Å²) in [6, 6.07) is 0.463. The predicted molar refractivity (Wildman–Crippen MR) is 132 cm³/mol. The van der Waals surface area contributed by atoms with Crippen LogP contribution >= 0.6 is 0 Å². The van der Waals surface area contributed by atoms with Gasteiger partial charge in [-0.25, -0.2) is 9.10 Å². The van der Waals surface area contributed by atoms with Crippen molar-refractivity contribution in [2.24, 2.45) is 7.05 Å². The molecule has 1 atom stereocenters. The fraction of sp³-hybridized carbons (Fsp3) is 0.583. The molecule has 0 bridgehead atoms. The molecule has 2 amide bonds. The van der Waals surface area contributed by atoms with Crippen molar-refractivity contribution in [1.82, 2.24) is 14.2 Å². The summed E-state index contributed by atoms with van der Waals surface area (Å²) in [5.74, 6) is 0. The second kappa shape index (κ2) is 8.79. The molecule has 1 aromatic heterocycles. The molecule has 1 aliphatic heterocycles. The summed E-state index contributed by atoms with van der Waals surface area (Å²) in [7, 11) is -3.08. The average Bonchev–Trinajstić information content (AvgIpc) is 3.53. The van der Waals surface area contributed by atoms with Crippen molar-refractivity contribution >= 4 is 27.6 Å². The first-order chi connectivity index (χ1) is 16.6. The van der Waals surface area contributed by atoms with Crippen LogP contribution in [0.5, 0.6) is 0 Å². The fourth-order valence-corrected chi connectivity index (χ4v) is 7.09. The van der Waals surface area contributed by atoms with E-state index < -0.39 is 32.4 Å². The van der Waals surface area contributed by atoms with Gasteiger partial charge in [-0.1, -0.05) is 6.07 Å². The minimum atomic E-state index is -4.75. The molecule has 1 N–H and O–H groups in total. The van der Waals surface area contributed by atoms with Crippen LogP contribution in [0.25, 0.3) is 0 Å². The third-order valence-corrected chi connectivity index (χ3v) is 8.87. The van der Waals surface area contributed by atoms with Crippen molar-refractivity contribution in [2.75, 3.05) is 16.2 Å². The van der Waals surface area contributed by atoms with E-state index in [1.54, 1.807) is 7.05 Å². The van der Waals surface area contributed by atoms with Gasteiger partial charge in [-0.2, -0.15) is 13.5 Å². The molecular formula is C24H32N5O5S-. The Hall–Kier alpha value is -2.63. The molecule has 1 saturated heterocycles. The second-order valence-corrected chi connectivity index (χ2v) is 11.9. The van der Waals surface area contributed by atoms with Crippen LogP contribution in [0, 0.1) is 5.21 Å². The molecule has 190 valence electrons. The van der Waals surface area contributed by atoms with Crippen molar-refractivity contribution in [3.63, 3.8) is 0 Å². The van der Waals surface area contributed by atoms with E-state index in [0.717, 1.165) is 54.0 Å². The molecule has 0 spiro atoms. The molecule has 1 fully saturated rings. The number of aryl methyl sites for hydroxylation is 3. The maximum absolute atomic E-state index is 13.7. The molecule has 0 radical (unpaired) electrons. The average molecular weight is 503 g/mol. The summed E-state index contributed by atoms with van der Waals surface area (Å²) in [6.07, 6.45) is 9.13. The molecule has 2 heterocycles. The van der Waals surface area contributed by atoms with Gasteiger partial charge in [0.05, 0.1) is 23.5 Å². The van der Waals surface area contributed by atoms with E-state index >= 15 is 0 Å².